The lowest BCUT2D eigenvalue weighted by molar-refractivity contribution is -0.385. The fourth-order valence-electron chi connectivity index (χ4n) is 2.38. The molecule has 0 bridgehead atoms. The van der Waals surface area contributed by atoms with Crippen LogP contribution >= 0.6 is 0 Å². The van der Waals surface area contributed by atoms with E-state index in [0.717, 1.165) is 30.3 Å². The molecule has 1 amide bonds. The molecule has 0 radical (unpaired) electrons. The van der Waals surface area contributed by atoms with Gasteiger partial charge in [-0.25, -0.2) is 0 Å². The zero-order chi connectivity index (χ0) is 19.6. The number of nitrogens with zero attached hydrogens (tertiary/aromatic N) is 1. The normalized spacial score (nSPS) is 13.0. The Labute approximate surface area is 150 Å². The third-order valence-electron chi connectivity index (χ3n) is 3.61. The van der Waals surface area contributed by atoms with Crippen LogP contribution in [0.5, 0.6) is 11.5 Å². The van der Waals surface area contributed by atoms with Crippen molar-refractivity contribution < 1.29 is 32.4 Å². The molecule has 0 spiro atoms. The maximum absolute atomic E-state index is 12.7. The van der Waals surface area contributed by atoms with E-state index in [4.69, 9.17) is 9.47 Å². The van der Waals surface area contributed by atoms with Crippen molar-refractivity contribution in [1.29, 1.82) is 0 Å². The summed E-state index contributed by atoms with van der Waals surface area (Å²) in [6, 6.07) is 6.33. The molecule has 3 rings (SSSR count). The van der Waals surface area contributed by atoms with Gasteiger partial charge in [0.2, 0.25) is 0 Å². The molecule has 0 saturated carbocycles. The van der Waals surface area contributed by atoms with Crippen LogP contribution in [0.3, 0.4) is 0 Å². The predicted octanol–water partition coefficient (Wildman–Crippen LogP) is 3.14. The number of fused-ring (bicyclic) bond motifs is 1. The number of nitro benzene ring substituents is 1. The number of carbonyl (C=O) groups is 1. The molecule has 2 aromatic carbocycles. The largest absolute Gasteiger partial charge is 0.486 e. The summed E-state index contributed by atoms with van der Waals surface area (Å²) in [5, 5.41) is 11.2. The minimum atomic E-state index is -4.55. The number of nitro groups is 1. The molecule has 0 saturated heterocycles. The number of benzene rings is 2. The van der Waals surface area contributed by atoms with Crippen molar-refractivity contribution in [1.82, 2.24) is 5.43 Å². The van der Waals surface area contributed by atoms with E-state index in [2.05, 4.69) is 10.9 Å². The summed E-state index contributed by atoms with van der Waals surface area (Å²) >= 11 is 0. The number of ether oxygens (including phenoxy) is 2. The van der Waals surface area contributed by atoms with Crippen LogP contribution < -0.4 is 20.3 Å². The molecule has 0 aliphatic carbocycles. The average molecular weight is 383 g/mol. The van der Waals surface area contributed by atoms with Gasteiger partial charge in [0.15, 0.2) is 11.5 Å². The number of alkyl halides is 3. The van der Waals surface area contributed by atoms with E-state index in [0.29, 0.717) is 0 Å². The summed E-state index contributed by atoms with van der Waals surface area (Å²) in [5.41, 5.74) is 2.64. The van der Waals surface area contributed by atoms with Crippen LogP contribution in [0.25, 0.3) is 0 Å². The fourth-order valence-corrected chi connectivity index (χ4v) is 2.38. The van der Waals surface area contributed by atoms with Gasteiger partial charge in [-0.1, -0.05) is 6.07 Å². The van der Waals surface area contributed by atoms with Crippen molar-refractivity contribution in [3.8, 4) is 11.5 Å². The Balaban J connectivity index is 1.81. The molecule has 0 unspecified atom stereocenters. The van der Waals surface area contributed by atoms with Crippen LogP contribution in [-0.4, -0.2) is 24.0 Å². The highest BCUT2D eigenvalue weighted by atomic mass is 19.4. The Morgan fingerprint density at radius 1 is 1.11 bits per heavy atom. The lowest BCUT2D eigenvalue weighted by Crippen LogP contribution is -2.30. The molecule has 2 aromatic rings. The molecule has 0 atom stereocenters. The quantitative estimate of drug-likeness (QED) is 0.621. The minimum Gasteiger partial charge on any atom is -0.486 e. The van der Waals surface area contributed by atoms with Crippen molar-refractivity contribution in [2.24, 2.45) is 0 Å². The van der Waals surface area contributed by atoms with Gasteiger partial charge in [0.05, 0.1) is 22.2 Å². The maximum atomic E-state index is 12.7. The van der Waals surface area contributed by atoms with Gasteiger partial charge >= 0.3 is 6.18 Å². The average Bonchev–Trinajstić information content (AvgIpc) is 2.64. The van der Waals surface area contributed by atoms with Gasteiger partial charge in [-0.05, 0) is 18.2 Å². The van der Waals surface area contributed by atoms with Crippen molar-refractivity contribution in [2.75, 3.05) is 18.6 Å². The molecule has 1 aliphatic rings. The number of anilines is 1. The maximum Gasteiger partial charge on any atom is 0.416 e. The summed E-state index contributed by atoms with van der Waals surface area (Å²) < 4.78 is 48.7. The summed E-state index contributed by atoms with van der Waals surface area (Å²) in [5.74, 6) is -0.623. The second kappa shape index (κ2) is 7.02. The molecule has 0 aromatic heterocycles. The zero-order valence-corrected chi connectivity index (χ0v) is 13.5. The third kappa shape index (κ3) is 4.02. The first-order chi connectivity index (χ1) is 12.8. The number of hydrogen-bond donors (Lipinski definition) is 2. The summed E-state index contributed by atoms with van der Waals surface area (Å²) in [6.45, 7) is 0.432. The number of carbonyl (C=O) groups excluding carboxylic acids is 1. The van der Waals surface area contributed by atoms with Gasteiger partial charge < -0.3 is 9.47 Å². The second-order valence-electron chi connectivity index (χ2n) is 5.43. The molecule has 8 nitrogen and oxygen atoms in total. The van der Waals surface area contributed by atoms with Crippen molar-refractivity contribution >= 4 is 17.3 Å². The number of hydrogen-bond acceptors (Lipinski definition) is 6. The summed E-state index contributed by atoms with van der Waals surface area (Å²) in [4.78, 5) is 22.8. The van der Waals surface area contributed by atoms with E-state index in [-0.39, 0.29) is 36.0 Å². The molecule has 1 aliphatic heterocycles. The monoisotopic (exact) mass is 383 g/mol. The molecule has 27 heavy (non-hydrogen) atoms. The molecule has 11 heteroatoms. The second-order valence-corrected chi connectivity index (χ2v) is 5.43. The van der Waals surface area contributed by atoms with Gasteiger partial charge in [0, 0.05) is 6.07 Å². The topological polar surface area (TPSA) is 103 Å². The summed E-state index contributed by atoms with van der Waals surface area (Å²) in [7, 11) is 0. The molecular weight excluding hydrogens is 371 g/mol. The fraction of sp³-hybridized carbons (Fsp3) is 0.188. The number of amides is 1. The smallest absolute Gasteiger partial charge is 0.416 e. The van der Waals surface area contributed by atoms with E-state index >= 15 is 0 Å². The van der Waals surface area contributed by atoms with Gasteiger partial charge in [0.1, 0.15) is 18.8 Å². The first-order valence-electron chi connectivity index (χ1n) is 7.57. The highest BCUT2D eigenvalue weighted by molar-refractivity contribution is 5.99. The van der Waals surface area contributed by atoms with Gasteiger partial charge in [-0.2, -0.15) is 13.2 Å². The summed E-state index contributed by atoms with van der Waals surface area (Å²) in [6.07, 6.45) is -4.55. The van der Waals surface area contributed by atoms with Crippen LogP contribution in [-0.2, 0) is 6.18 Å². The van der Waals surface area contributed by atoms with Crippen LogP contribution in [0.15, 0.2) is 36.4 Å². The van der Waals surface area contributed by atoms with Gasteiger partial charge in [-0.15, -0.1) is 0 Å². The molecule has 2 N–H and O–H groups in total. The van der Waals surface area contributed by atoms with Crippen LogP contribution in [0.2, 0.25) is 0 Å². The Morgan fingerprint density at radius 2 is 1.78 bits per heavy atom. The van der Waals surface area contributed by atoms with Crippen LogP contribution in [0.4, 0.5) is 24.5 Å². The Bertz CT molecular complexity index is 901. The number of nitrogens with one attached hydrogen (secondary N) is 2. The van der Waals surface area contributed by atoms with Crippen molar-refractivity contribution in [3.05, 3.63) is 57.6 Å². The Kier molecular flexibility index (Phi) is 4.75. The van der Waals surface area contributed by atoms with Crippen molar-refractivity contribution in [2.45, 2.75) is 6.18 Å². The number of hydrazine groups is 1. The van der Waals surface area contributed by atoms with E-state index in [1.54, 1.807) is 0 Å². The van der Waals surface area contributed by atoms with Gasteiger partial charge in [-0.3, -0.25) is 25.8 Å². The van der Waals surface area contributed by atoms with E-state index < -0.39 is 28.3 Å². The number of halogens is 3. The predicted molar refractivity (Wildman–Crippen MR) is 86.6 cm³/mol. The first kappa shape index (κ1) is 18.3. The molecule has 142 valence electrons. The standard InChI is InChI=1S/C16H12F3N3O5/c17-16(18,19)9-2-1-3-10(6-9)20-21-15(23)11-7-13-14(27-5-4-26-13)8-12(11)22(24)25/h1-3,6-8,20H,4-5H2,(H,21,23). The van der Waals surface area contributed by atoms with Crippen molar-refractivity contribution in [3.63, 3.8) is 0 Å². The SMILES string of the molecule is O=C(NNc1cccc(C(F)(F)F)c1)c1cc2c(cc1[N+](=O)[O-])OCCO2. The lowest BCUT2D eigenvalue weighted by atomic mass is 10.1. The number of rotatable bonds is 4. The Hall–Kier alpha value is -3.50. The lowest BCUT2D eigenvalue weighted by Gasteiger charge is -2.19. The van der Waals surface area contributed by atoms with E-state index in [9.17, 15) is 28.1 Å². The van der Waals surface area contributed by atoms with Crippen LogP contribution in [0, 0.1) is 10.1 Å². The molecular formula is C16H12F3N3O5. The molecule has 1 heterocycles. The first-order valence-corrected chi connectivity index (χ1v) is 7.57. The zero-order valence-electron chi connectivity index (χ0n) is 13.5. The van der Waals surface area contributed by atoms with E-state index in [1.807, 2.05) is 0 Å². The van der Waals surface area contributed by atoms with E-state index in [1.165, 1.54) is 6.07 Å². The third-order valence-corrected chi connectivity index (χ3v) is 3.61. The highest BCUT2D eigenvalue weighted by Gasteiger charge is 2.30. The van der Waals surface area contributed by atoms with Crippen LogP contribution in [0.1, 0.15) is 15.9 Å². The highest BCUT2D eigenvalue weighted by Crippen LogP contribution is 2.36. The molecule has 0 fully saturated rings. The Morgan fingerprint density at radius 3 is 2.41 bits per heavy atom. The van der Waals surface area contributed by atoms with Gasteiger partial charge in [0.25, 0.3) is 11.6 Å². The minimum absolute atomic E-state index is 0.0432.